The van der Waals surface area contributed by atoms with E-state index in [0.717, 1.165) is 0 Å². The molecule has 2 aromatic rings. The summed E-state index contributed by atoms with van der Waals surface area (Å²) in [5.74, 6) is -1.50. The molecule has 0 saturated heterocycles. The summed E-state index contributed by atoms with van der Waals surface area (Å²) in [5, 5.41) is 8.16. The second-order valence-electron chi connectivity index (χ2n) is 7.11. The van der Waals surface area contributed by atoms with Gasteiger partial charge in [-0.1, -0.05) is 37.5 Å². The lowest BCUT2D eigenvalue weighted by molar-refractivity contribution is 0.0966. The fourth-order valence-electron chi connectivity index (χ4n) is 2.79. The average molecular weight is 469 g/mol. The molecule has 0 spiro atoms. The first-order chi connectivity index (χ1) is 16.9. The number of nitrogens with zero attached hydrogens (tertiary/aromatic N) is 1. The first-order valence-electron chi connectivity index (χ1n) is 10.8. The van der Waals surface area contributed by atoms with Gasteiger partial charge in [0.25, 0.3) is 17.7 Å². The summed E-state index contributed by atoms with van der Waals surface area (Å²) in [6, 6.07) is 7.61. The summed E-state index contributed by atoms with van der Waals surface area (Å²) < 4.78 is 0. The Morgan fingerprint density at radius 1 is 0.800 bits per heavy atom. The van der Waals surface area contributed by atoms with Crippen molar-refractivity contribution >= 4 is 23.4 Å². The van der Waals surface area contributed by atoms with Gasteiger partial charge in [0.2, 0.25) is 0 Å². The highest BCUT2D eigenvalue weighted by atomic mass is 16.2. The Bertz CT molecular complexity index is 1160. The van der Waals surface area contributed by atoms with Crippen LogP contribution >= 0.6 is 0 Å². The Hall–Kier alpha value is -4.78. The lowest BCUT2D eigenvalue weighted by atomic mass is 10.0. The van der Waals surface area contributed by atoms with Crippen LogP contribution in [0.3, 0.4) is 0 Å². The quantitative estimate of drug-likeness (QED) is 0.423. The number of aromatic nitrogens is 1. The second-order valence-corrected chi connectivity index (χ2v) is 7.11. The van der Waals surface area contributed by atoms with E-state index in [2.05, 4.69) is 34.1 Å². The van der Waals surface area contributed by atoms with Gasteiger partial charge in [-0.3, -0.25) is 19.4 Å². The number of allylic oxidation sites excluding steroid dienone is 8. The third-order valence-electron chi connectivity index (χ3n) is 4.53. The summed E-state index contributed by atoms with van der Waals surface area (Å²) in [5.41, 5.74) is 1.78. The van der Waals surface area contributed by atoms with Crippen LogP contribution in [0.1, 0.15) is 44.9 Å². The molecule has 0 atom stereocenters. The summed E-state index contributed by atoms with van der Waals surface area (Å²) in [7, 11) is 0. The Morgan fingerprint density at radius 2 is 1.29 bits per heavy atom. The van der Waals surface area contributed by atoms with Crippen LogP contribution in [0.15, 0.2) is 116 Å². The predicted octanol–water partition coefficient (Wildman–Crippen LogP) is 5.09. The average Bonchev–Trinajstić information content (AvgIpc) is 2.88. The molecule has 1 aromatic heterocycles. The fraction of sp³-hybridized carbons (Fsp3) is 0.0714. The molecular weight excluding hydrogens is 440 g/mol. The number of carbonyl (C=O) groups excluding carboxylic acids is 3. The van der Waals surface area contributed by atoms with Crippen molar-refractivity contribution in [3.63, 3.8) is 0 Å². The van der Waals surface area contributed by atoms with E-state index in [-0.39, 0.29) is 16.7 Å². The maximum absolute atomic E-state index is 13.0. The molecule has 7 heteroatoms. The van der Waals surface area contributed by atoms with Gasteiger partial charge in [-0.2, -0.15) is 0 Å². The molecule has 3 amide bonds. The van der Waals surface area contributed by atoms with E-state index in [1.54, 1.807) is 54.8 Å². The van der Waals surface area contributed by atoms with Crippen molar-refractivity contribution in [2.24, 2.45) is 0 Å². The minimum absolute atomic E-state index is 0.125. The van der Waals surface area contributed by atoms with Crippen LogP contribution in [0.25, 0.3) is 0 Å². The van der Waals surface area contributed by atoms with Gasteiger partial charge in [0, 0.05) is 34.3 Å². The number of hydrogen-bond donors (Lipinski definition) is 3. The van der Waals surface area contributed by atoms with Crippen molar-refractivity contribution < 1.29 is 14.4 Å². The molecule has 3 N–H and O–H groups in total. The molecule has 1 aromatic carbocycles. The Balaban J connectivity index is 2.46. The molecule has 178 valence electrons. The molecule has 0 aliphatic rings. The van der Waals surface area contributed by atoms with Crippen molar-refractivity contribution in [2.75, 3.05) is 5.32 Å². The number of benzene rings is 1. The second kappa shape index (κ2) is 13.7. The van der Waals surface area contributed by atoms with Crippen LogP contribution in [0, 0.1) is 0 Å². The number of amides is 3. The molecule has 1 heterocycles. The molecule has 0 fully saturated rings. The number of hydrogen-bond acceptors (Lipinski definition) is 4. The molecule has 0 radical (unpaired) electrons. The van der Waals surface area contributed by atoms with E-state index in [4.69, 9.17) is 0 Å². The third kappa shape index (κ3) is 8.25. The first-order valence-corrected chi connectivity index (χ1v) is 10.8. The molecule has 0 aliphatic carbocycles. The van der Waals surface area contributed by atoms with Gasteiger partial charge in [0.05, 0.1) is 11.9 Å². The molecular formula is C28H28N4O3. The Labute approximate surface area is 205 Å². The maximum Gasteiger partial charge on any atom is 0.255 e. The van der Waals surface area contributed by atoms with E-state index in [1.165, 1.54) is 36.5 Å². The SMILES string of the molecule is C=C/C(=C\C=C/C)NC(=O)c1cc(C(=O)N/C(C=C)=C/C=C\C)cc(C(=O)Nc2cccnc2)c1. The molecule has 0 saturated carbocycles. The molecule has 0 aliphatic heterocycles. The number of nitrogens with one attached hydrogen (secondary N) is 3. The van der Waals surface area contributed by atoms with Gasteiger partial charge >= 0.3 is 0 Å². The highest BCUT2D eigenvalue weighted by Crippen LogP contribution is 2.15. The van der Waals surface area contributed by atoms with Gasteiger partial charge in [-0.15, -0.1) is 0 Å². The normalized spacial score (nSPS) is 11.8. The van der Waals surface area contributed by atoms with Crippen LogP contribution in [0.4, 0.5) is 5.69 Å². The summed E-state index contributed by atoms with van der Waals surface area (Å²) in [4.78, 5) is 42.8. The smallest absolute Gasteiger partial charge is 0.255 e. The summed E-state index contributed by atoms with van der Waals surface area (Å²) in [6.07, 6.45) is 16.5. The van der Waals surface area contributed by atoms with Gasteiger partial charge in [-0.05, 0) is 68.5 Å². The van der Waals surface area contributed by atoms with Crippen molar-refractivity contribution in [3.05, 3.63) is 133 Å². The Morgan fingerprint density at radius 3 is 1.69 bits per heavy atom. The predicted molar refractivity (Wildman–Crippen MR) is 140 cm³/mol. The minimum atomic E-state index is -0.501. The van der Waals surface area contributed by atoms with Gasteiger partial charge in [-0.25, -0.2) is 0 Å². The van der Waals surface area contributed by atoms with Crippen LogP contribution in [-0.2, 0) is 0 Å². The summed E-state index contributed by atoms with van der Waals surface area (Å²) >= 11 is 0. The lowest BCUT2D eigenvalue weighted by Crippen LogP contribution is -2.26. The van der Waals surface area contributed by atoms with Crippen molar-refractivity contribution in [3.8, 4) is 0 Å². The van der Waals surface area contributed by atoms with E-state index in [1.807, 2.05) is 13.8 Å². The zero-order valence-electron chi connectivity index (χ0n) is 19.7. The van der Waals surface area contributed by atoms with E-state index in [9.17, 15) is 14.4 Å². The van der Waals surface area contributed by atoms with Crippen molar-refractivity contribution in [2.45, 2.75) is 13.8 Å². The highest BCUT2D eigenvalue weighted by molar-refractivity contribution is 6.09. The minimum Gasteiger partial charge on any atom is -0.322 e. The number of carbonyl (C=O) groups is 3. The van der Waals surface area contributed by atoms with Crippen LogP contribution in [0.5, 0.6) is 0 Å². The molecule has 35 heavy (non-hydrogen) atoms. The molecule has 2 rings (SSSR count). The van der Waals surface area contributed by atoms with E-state index < -0.39 is 17.7 Å². The van der Waals surface area contributed by atoms with Gasteiger partial charge < -0.3 is 16.0 Å². The molecule has 7 nitrogen and oxygen atoms in total. The zero-order chi connectivity index (χ0) is 25.6. The monoisotopic (exact) mass is 468 g/mol. The first kappa shape index (κ1) is 26.5. The lowest BCUT2D eigenvalue weighted by Gasteiger charge is -2.12. The summed E-state index contributed by atoms with van der Waals surface area (Å²) in [6.45, 7) is 11.1. The number of pyridine rings is 1. The number of anilines is 1. The molecule has 0 bridgehead atoms. The standard InChI is InChI=1S/C28H28N4O3/c1-5-9-12-23(7-3)30-26(33)20-16-21(27(34)31-24(8-4)13-10-6-2)18-22(17-20)28(35)32-25-14-11-15-29-19-25/h5-19H,3-4H2,1-2H3,(H,30,33)(H,31,34)(H,32,35)/b9-5-,10-6-,23-12+,24-13+. The van der Waals surface area contributed by atoms with Gasteiger partial charge in [0.15, 0.2) is 0 Å². The van der Waals surface area contributed by atoms with Crippen molar-refractivity contribution in [1.29, 1.82) is 0 Å². The van der Waals surface area contributed by atoms with Crippen LogP contribution in [0.2, 0.25) is 0 Å². The zero-order valence-corrected chi connectivity index (χ0v) is 19.7. The fourth-order valence-corrected chi connectivity index (χ4v) is 2.79. The topological polar surface area (TPSA) is 100 Å². The Kier molecular flexibility index (Phi) is 10.4. The van der Waals surface area contributed by atoms with E-state index >= 15 is 0 Å². The largest absolute Gasteiger partial charge is 0.322 e. The van der Waals surface area contributed by atoms with Crippen LogP contribution in [-0.4, -0.2) is 22.7 Å². The molecule has 0 unspecified atom stereocenters. The van der Waals surface area contributed by atoms with Crippen molar-refractivity contribution in [1.82, 2.24) is 15.6 Å². The van der Waals surface area contributed by atoms with Gasteiger partial charge in [0.1, 0.15) is 0 Å². The number of rotatable bonds is 10. The van der Waals surface area contributed by atoms with E-state index in [0.29, 0.717) is 17.1 Å². The maximum atomic E-state index is 13.0. The third-order valence-corrected chi connectivity index (χ3v) is 4.53. The van der Waals surface area contributed by atoms with Crippen LogP contribution < -0.4 is 16.0 Å². The highest BCUT2D eigenvalue weighted by Gasteiger charge is 2.17.